The summed E-state index contributed by atoms with van der Waals surface area (Å²) < 4.78 is 5.31. The molecule has 17 heavy (non-hydrogen) atoms. The van der Waals surface area contributed by atoms with Gasteiger partial charge in [-0.05, 0) is 32.6 Å². The maximum Gasteiger partial charge on any atom is 0.309 e. The Morgan fingerprint density at radius 3 is 2.71 bits per heavy atom. The highest BCUT2D eigenvalue weighted by atomic mass is 16.5. The molecule has 1 unspecified atom stereocenters. The Morgan fingerprint density at radius 2 is 2.18 bits per heavy atom. The fourth-order valence-corrected chi connectivity index (χ4v) is 1.77. The molecule has 2 N–H and O–H groups in total. The van der Waals surface area contributed by atoms with E-state index < -0.39 is 11.4 Å². The Hall–Kier alpha value is -1.10. The molecule has 1 heterocycles. The molecule has 0 aromatic rings. The van der Waals surface area contributed by atoms with Gasteiger partial charge in [-0.1, -0.05) is 0 Å². The molecular formula is C12H21NO4. The molecule has 0 radical (unpaired) electrons. The number of carbonyl (C=O) groups excluding carboxylic acids is 1. The van der Waals surface area contributed by atoms with Crippen molar-refractivity contribution in [2.75, 3.05) is 19.8 Å². The monoisotopic (exact) mass is 243 g/mol. The molecule has 0 spiro atoms. The Balaban J connectivity index is 2.27. The van der Waals surface area contributed by atoms with Crippen molar-refractivity contribution in [1.82, 2.24) is 5.32 Å². The maximum atomic E-state index is 11.6. The van der Waals surface area contributed by atoms with E-state index in [9.17, 15) is 9.59 Å². The molecule has 0 aromatic carbocycles. The van der Waals surface area contributed by atoms with Gasteiger partial charge in [0.15, 0.2) is 0 Å². The highest BCUT2D eigenvalue weighted by molar-refractivity contribution is 5.84. The van der Waals surface area contributed by atoms with Gasteiger partial charge in [0.2, 0.25) is 5.91 Å². The van der Waals surface area contributed by atoms with Crippen molar-refractivity contribution in [1.29, 1.82) is 0 Å². The molecule has 1 aliphatic rings. The number of carboxylic acids is 1. The molecular weight excluding hydrogens is 222 g/mol. The lowest BCUT2D eigenvalue weighted by molar-refractivity contribution is -0.149. The average Bonchev–Trinajstić information content (AvgIpc) is 2.27. The predicted octanol–water partition coefficient (Wildman–Crippen LogP) is 1.03. The van der Waals surface area contributed by atoms with Crippen LogP contribution in [0.3, 0.4) is 0 Å². The zero-order chi connectivity index (χ0) is 12.9. The fraction of sp³-hybridized carbons (Fsp3) is 0.833. The Kier molecular flexibility index (Phi) is 4.93. The number of rotatable bonds is 5. The molecule has 1 atom stereocenters. The minimum Gasteiger partial charge on any atom is -0.481 e. The van der Waals surface area contributed by atoms with Crippen LogP contribution in [0, 0.1) is 11.3 Å². The number of aliphatic carboxylic acids is 1. The summed E-state index contributed by atoms with van der Waals surface area (Å²) in [6, 6.07) is 0. The smallest absolute Gasteiger partial charge is 0.309 e. The standard InChI is InChI=1S/C12H21NO4/c1-12(2,11(15)16)6-10(14)13-7-9-4-3-5-17-8-9/h9H,3-8H2,1-2H3,(H,13,14)(H,15,16). The summed E-state index contributed by atoms with van der Waals surface area (Å²) in [4.78, 5) is 22.5. The normalized spacial score (nSPS) is 20.9. The number of ether oxygens (including phenoxy) is 1. The molecule has 1 amide bonds. The molecule has 5 nitrogen and oxygen atoms in total. The first-order chi connectivity index (χ1) is 7.92. The van der Waals surface area contributed by atoms with Crippen LogP contribution in [0.5, 0.6) is 0 Å². The molecule has 0 bridgehead atoms. The van der Waals surface area contributed by atoms with Crippen LogP contribution >= 0.6 is 0 Å². The second-order valence-electron chi connectivity index (χ2n) is 5.25. The summed E-state index contributed by atoms with van der Waals surface area (Å²) in [5.74, 6) is -0.794. The third-order valence-corrected chi connectivity index (χ3v) is 3.02. The van der Waals surface area contributed by atoms with E-state index in [1.807, 2.05) is 0 Å². The molecule has 1 saturated heterocycles. The molecule has 1 fully saturated rings. The van der Waals surface area contributed by atoms with E-state index in [1.165, 1.54) is 0 Å². The van der Waals surface area contributed by atoms with E-state index in [0.29, 0.717) is 19.1 Å². The number of amides is 1. The molecule has 98 valence electrons. The van der Waals surface area contributed by atoms with Crippen LogP contribution in [0.25, 0.3) is 0 Å². The van der Waals surface area contributed by atoms with Gasteiger partial charge in [-0.3, -0.25) is 9.59 Å². The van der Waals surface area contributed by atoms with E-state index in [0.717, 1.165) is 19.4 Å². The highest BCUT2D eigenvalue weighted by Crippen LogP contribution is 2.20. The van der Waals surface area contributed by atoms with Gasteiger partial charge in [-0.15, -0.1) is 0 Å². The van der Waals surface area contributed by atoms with E-state index in [2.05, 4.69) is 5.32 Å². The number of hydrogen-bond acceptors (Lipinski definition) is 3. The molecule has 5 heteroatoms. The average molecular weight is 243 g/mol. The van der Waals surface area contributed by atoms with Crippen molar-refractivity contribution in [3.63, 3.8) is 0 Å². The molecule has 0 aliphatic carbocycles. The summed E-state index contributed by atoms with van der Waals surface area (Å²) in [5.41, 5.74) is -1.01. The number of carbonyl (C=O) groups is 2. The van der Waals surface area contributed by atoms with Crippen molar-refractivity contribution in [2.24, 2.45) is 11.3 Å². The first-order valence-corrected chi connectivity index (χ1v) is 5.99. The van der Waals surface area contributed by atoms with Crippen LogP contribution in [-0.2, 0) is 14.3 Å². The van der Waals surface area contributed by atoms with Crippen LogP contribution in [0.2, 0.25) is 0 Å². The minimum absolute atomic E-state index is 0.00983. The van der Waals surface area contributed by atoms with Crippen LogP contribution in [-0.4, -0.2) is 36.7 Å². The van der Waals surface area contributed by atoms with Crippen molar-refractivity contribution in [3.8, 4) is 0 Å². The van der Waals surface area contributed by atoms with Crippen LogP contribution in [0.1, 0.15) is 33.1 Å². The minimum atomic E-state index is -1.01. The second-order valence-corrected chi connectivity index (χ2v) is 5.25. The van der Waals surface area contributed by atoms with E-state index >= 15 is 0 Å². The van der Waals surface area contributed by atoms with Crippen molar-refractivity contribution in [2.45, 2.75) is 33.1 Å². The topological polar surface area (TPSA) is 75.6 Å². The molecule has 1 rings (SSSR count). The summed E-state index contributed by atoms with van der Waals surface area (Å²) in [7, 11) is 0. The van der Waals surface area contributed by atoms with Crippen molar-refractivity contribution >= 4 is 11.9 Å². The molecule has 0 saturated carbocycles. The van der Waals surface area contributed by atoms with Gasteiger partial charge in [0.05, 0.1) is 12.0 Å². The highest BCUT2D eigenvalue weighted by Gasteiger charge is 2.30. The van der Waals surface area contributed by atoms with Gasteiger partial charge in [0.1, 0.15) is 0 Å². The third-order valence-electron chi connectivity index (χ3n) is 3.02. The third kappa shape index (κ3) is 4.73. The lowest BCUT2D eigenvalue weighted by atomic mass is 9.89. The van der Waals surface area contributed by atoms with E-state index in [-0.39, 0.29) is 12.3 Å². The molecule has 1 aliphatic heterocycles. The van der Waals surface area contributed by atoms with Gasteiger partial charge < -0.3 is 15.2 Å². The zero-order valence-corrected chi connectivity index (χ0v) is 10.5. The second kappa shape index (κ2) is 6.00. The predicted molar refractivity (Wildman–Crippen MR) is 62.6 cm³/mol. The van der Waals surface area contributed by atoms with Crippen molar-refractivity contribution < 1.29 is 19.4 Å². The van der Waals surface area contributed by atoms with Gasteiger partial charge in [-0.2, -0.15) is 0 Å². The van der Waals surface area contributed by atoms with Gasteiger partial charge >= 0.3 is 5.97 Å². The maximum absolute atomic E-state index is 11.6. The summed E-state index contributed by atoms with van der Waals surface area (Å²) in [6.07, 6.45) is 2.10. The summed E-state index contributed by atoms with van der Waals surface area (Å²) in [5, 5.41) is 11.7. The number of nitrogens with one attached hydrogen (secondary N) is 1. The Bertz CT molecular complexity index is 282. The van der Waals surface area contributed by atoms with Crippen LogP contribution in [0.4, 0.5) is 0 Å². The zero-order valence-electron chi connectivity index (χ0n) is 10.5. The largest absolute Gasteiger partial charge is 0.481 e. The number of carboxylic acid groups (broad SMARTS) is 1. The van der Waals surface area contributed by atoms with Crippen LogP contribution < -0.4 is 5.32 Å². The summed E-state index contributed by atoms with van der Waals surface area (Å²) >= 11 is 0. The Labute approximate surface area is 102 Å². The van der Waals surface area contributed by atoms with E-state index in [1.54, 1.807) is 13.8 Å². The van der Waals surface area contributed by atoms with Gasteiger partial charge in [0, 0.05) is 19.6 Å². The van der Waals surface area contributed by atoms with Gasteiger partial charge in [0.25, 0.3) is 0 Å². The summed E-state index contributed by atoms with van der Waals surface area (Å²) in [6.45, 7) is 5.17. The SMILES string of the molecule is CC(C)(CC(=O)NCC1CCCOC1)C(=O)O. The first kappa shape index (κ1) is 14.0. The van der Waals surface area contributed by atoms with Gasteiger partial charge in [-0.25, -0.2) is 0 Å². The van der Waals surface area contributed by atoms with Crippen molar-refractivity contribution in [3.05, 3.63) is 0 Å². The molecule has 0 aromatic heterocycles. The van der Waals surface area contributed by atoms with Crippen LogP contribution in [0.15, 0.2) is 0 Å². The number of hydrogen-bond donors (Lipinski definition) is 2. The Morgan fingerprint density at radius 1 is 1.47 bits per heavy atom. The lowest BCUT2D eigenvalue weighted by Gasteiger charge is -2.23. The first-order valence-electron chi connectivity index (χ1n) is 5.99. The van der Waals surface area contributed by atoms with E-state index in [4.69, 9.17) is 9.84 Å². The lowest BCUT2D eigenvalue weighted by Crippen LogP contribution is -2.37. The fourth-order valence-electron chi connectivity index (χ4n) is 1.77. The quantitative estimate of drug-likeness (QED) is 0.756.